The molecule has 2 N–H and O–H groups in total. The first-order valence-corrected chi connectivity index (χ1v) is 9.56. The Bertz CT molecular complexity index is 712. The van der Waals surface area contributed by atoms with Crippen molar-refractivity contribution in [2.75, 3.05) is 0 Å². The summed E-state index contributed by atoms with van der Waals surface area (Å²) in [6, 6.07) is 0.252. The third kappa shape index (κ3) is 3.45. The van der Waals surface area contributed by atoms with Gasteiger partial charge in [-0.1, -0.05) is 0 Å². The van der Waals surface area contributed by atoms with E-state index >= 15 is 0 Å². The Morgan fingerprint density at radius 2 is 1.83 bits per heavy atom. The fourth-order valence-corrected chi connectivity index (χ4v) is 4.07. The van der Waals surface area contributed by atoms with Crippen LogP contribution in [-0.2, 0) is 16.1 Å². The first-order valence-electron chi connectivity index (χ1n) is 8.68. The molecule has 2 aromatic rings. The number of carbonyl (C=O) groups is 2. The van der Waals surface area contributed by atoms with Gasteiger partial charge in [-0.3, -0.25) is 14.0 Å². The highest BCUT2D eigenvalue weighted by molar-refractivity contribution is 7.15. The third-order valence-electron chi connectivity index (χ3n) is 4.98. The minimum absolute atomic E-state index is 0.0582. The van der Waals surface area contributed by atoms with E-state index in [9.17, 15) is 9.59 Å². The molecule has 2 aliphatic carbocycles. The van der Waals surface area contributed by atoms with E-state index in [1.807, 2.05) is 22.2 Å². The molecule has 2 aliphatic rings. The van der Waals surface area contributed by atoms with Crippen molar-refractivity contribution in [1.29, 1.82) is 0 Å². The molecule has 2 heterocycles. The largest absolute Gasteiger partial charge is 0.353 e. The highest BCUT2D eigenvalue weighted by Gasteiger charge is 2.33. The second-order valence-electron chi connectivity index (χ2n) is 6.87. The number of rotatable bonds is 5. The zero-order valence-electron chi connectivity index (χ0n) is 13.5. The lowest BCUT2D eigenvalue weighted by Gasteiger charge is -2.28. The molecule has 6 nitrogen and oxygen atoms in total. The van der Waals surface area contributed by atoms with Gasteiger partial charge in [0.25, 0.3) is 0 Å². The molecule has 7 heteroatoms. The van der Waals surface area contributed by atoms with E-state index in [1.54, 1.807) is 11.3 Å². The standard InChI is InChI=1S/C17H22N4O2S/c22-15(18-9-14-10-21-7-8-24-17(21)20-14)11-3-5-13(6-4-11)19-16(23)12-1-2-12/h7-8,10-13H,1-6,9H2,(H,18,22)(H,19,23). The summed E-state index contributed by atoms with van der Waals surface area (Å²) < 4.78 is 1.97. The van der Waals surface area contributed by atoms with Gasteiger partial charge in [0.1, 0.15) is 0 Å². The summed E-state index contributed by atoms with van der Waals surface area (Å²) in [6.07, 6.45) is 9.49. The lowest BCUT2D eigenvalue weighted by molar-refractivity contribution is -0.126. The highest BCUT2D eigenvalue weighted by Crippen LogP contribution is 2.30. The average Bonchev–Trinajstić information content (AvgIpc) is 3.23. The zero-order valence-corrected chi connectivity index (χ0v) is 14.3. The highest BCUT2D eigenvalue weighted by atomic mass is 32.1. The number of aromatic nitrogens is 2. The molecule has 128 valence electrons. The Kier molecular flexibility index (Phi) is 4.26. The van der Waals surface area contributed by atoms with E-state index in [4.69, 9.17) is 0 Å². The van der Waals surface area contributed by atoms with Crippen LogP contribution in [0.3, 0.4) is 0 Å². The predicted octanol–water partition coefficient (Wildman–Crippen LogP) is 2.10. The number of nitrogens with one attached hydrogen (secondary N) is 2. The van der Waals surface area contributed by atoms with Crippen molar-refractivity contribution < 1.29 is 9.59 Å². The molecule has 0 aliphatic heterocycles. The van der Waals surface area contributed by atoms with Crippen LogP contribution in [0.25, 0.3) is 4.96 Å². The van der Waals surface area contributed by atoms with E-state index in [-0.39, 0.29) is 29.7 Å². The average molecular weight is 346 g/mol. The van der Waals surface area contributed by atoms with Gasteiger partial charge < -0.3 is 10.6 Å². The van der Waals surface area contributed by atoms with Crippen molar-refractivity contribution >= 4 is 28.1 Å². The van der Waals surface area contributed by atoms with Crippen LogP contribution in [0.2, 0.25) is 0 Å². The van der Waals surface area contributed by atoms with E-state index in [2.05, 4.69) is 15.6 Å². The molecule has 24 heavy (non-hydrogen) atoms. The van der Waals surface area contributed by atoms with Crippen LogP contribution < -0.4 is 10.6 Å². The topological polar surface area (TPSA) is 75.5 Å². The number of amides is 2. The van der Waals surface area contributed by atoms with Crippen LogP contribution in [0.15, 0.2) is 17.8 Å². The first kappa shape index (κ1) is 15.6. The zero-order chi connectivity index (χ0) is 16.5. The van der Waals surface area contributed by atoms with Crippen LogP contribution >= 0.6 is 11.3 Å². The van der Waals surface area contributed by atoms with Gasteiger partial charge in [0, 0.05) is 35.7 Å². The van der Waals surface area contributed by atoms with E-state index in [0.29, 0.717) is 6.54 Å². The van der Waals surface area contributed by atoms with Crippen molar-refractivity contribution in [2.24, 2.45) is 11.8 Å². The minimum Gasteiger partial charge on any atom is -0.353 e. The number of imidazole rings is 1. The fourth-order valence-electron chi connectivity index (χ4n) is 3.35. The molecule has 0 atom stereocenters. The van der Waals surface area contributed by atoms with Gasteiger partial charge in [0.2, 0.25) is 11.8 Å². The van der Waals surface area contributed by atoms with E-state index in [0.717, 1.165) is 49.2 Å². The van der Waals surface area contributed by atoms with Crippen LogP contribution in [-0.4, -0.2) is 27.2 Å². The lowest BCUT2D eigenvalue weighted by Crippen LogP contribution is -2.41. The van der Waals surface area contributed by atoms with Crippen LogP contribution in [0.1, 0.15) is 44.2 Å². The molecule has 0 radical (unpaired) electrons. The number of hydrogen-bond donors (Lipinski definition) is 2. The number of fused-ring (bicyclic) bond motifs is 1. The molecule has 2 saturated carbocycles. The van der Waals surface area contributed by atoms with E-state index < -0.39 is 0 Å². The quantitative estimate of drug-likeness (QED) is 0.870. The number of thiazole rings is 1. The van der Waals surface area contributed by atoms with Crippen molar-refractivity contribution in [3.8, 4) is 0 Å². The molecule has 0 spiro atoms. The molecule has 2 aromatic heterocycles. The van der Waals surface area contributed by atoms with Gasteiger partial charge in [0.05, 0.1) is 12.2 Å². The first-order chi connectivity index (χ1) is 11.7. The summed E-state index contributed by atoms with van der Waals surface area (Å²) in [7, 11) is 0. The Morgan fingerprint density at radius 1 is 1.12 bits per heavy atom. The molecule has 0 bridgehead atoms. The summed E-state index contributed by atoms with van der Waals surface area (Å²) in [5.41, 5.74) is 0.889. The van der Waals surface area contributed by atoms with Gasteiger partial charge in [0.15, 0.2) is 4.96 Å². The molecule has 0 saturated heterocycles. The van der Waals surface area contributed by atoms with Crippen molar-refractivity contribution in [3.05, 3.63) is 23.5 Å². The van der Waals surface area contributed by atoms with Crippen LogP contribution in [0.4, 0.5) is 0 Å². The monoisotopic (exact) mass is 346 g/mol. The Labute approximate surface area is 144 Å². The molecular formula is C17H22N4O2S. The van der Waals surface area contributed by atoms with Gasteiger partial charge >= 0.3 is 0 Å². The predicted molar refractivity (Wildman–Crippen MR) is 91.5 cm³/mol. The van der Waals surface area contributed by atoms with Gasteiger partial charge in [-0.25, -0.2) is 4.98 Å². The van der Waals surface area contributed by atoms with Crippen molar-refractivity contribution in [1.82, 2.24) is 20.0 Å². The minimum atomic E-state index is 0.0582. The Balaban J connectivity index is 1.22. The molecular weight excluding hydrogens is 324 g/mol. The van der Waals surface area contributed by atoms with Crippen LogP contribution in [0.5, 0.6) is 0 Å². The van der Waals surface area contributed by atoms with Gasteiger partial charge in [-0.2, -0.15) is 0 Å². The number of nitrogens with zero attached hydrogens (tertiary/aromatic N) is 2. The maximum absolute atomic E-state index is 12.3. The van der Waals surface area contributed by atoms with E-state index in [1.165, 1.54) is 0 Å². The van der Waals surface area contributed by atoms with Crippen molar-refractivity contribution in [3.63, 3.8) is 0 Å². The molecule has 4 rings (SSSR count). The number of hydrogen-bond acceptors (Lipinski definition) is 4. The normalized spacial score (nSPS) is 24.0. The summed E-state index contributed by atoms with van der Waals surface area (Å²) in [6.45, 7) is 0.478. The number of carbonyl (C=O) groups excluding carboxylic acids is 2. The Hall–Kier alpha value is -1.89. The smallest absolute Gasteiger partial charge is 0.223 e. The maximum atomic E-state index is 12.3. The van der Waals surface area contributed by atoms with Crippen LogP contribution in [0, 0.1) is 11.8 Å². The third-order valence-corrected chi connectivity index (χ3v) is 5.75. The fraction of sp³-hybridized carbons (Fsp3) is 0.588. The van der Waals surface area contributed by atoms with Gasteiger partial charge in [-0.15, -0.1) is 11.3 Å². The summed E-state index contributed by atoms with van der Waals surface area (Å²) in [4.78, 5) is 29.6. The lowest BCUT2D eigenvalue weighted by atomic mass is 9.85. The molecule has 2 amide bonds. The maximum Gasteiger partial charge on any atom is 0.223 e. The molecule has 2 fully saturated rings. The summed E-state index contributed by atoms with van der Waals surface area (Å²) in [5, 5.41) is 8.12. The SMILES string of the molecule is O=C(NCc1cn2ccsc2n1)C1CCC(NC(=O)C2CC2)CC1. The molecule has 0 aromatic carbocycles. The van der Waals surface area contributed by atoms with Crippen molar-refractivity contribution in [2.45, 2.75) is 51.1 Å². The molecule has 0 unspecified atom stereocenters. The summed E-state index contributed by atoms with van der Waals surface area (Å²) in [5.74, 6) is 0.638. The summed E-state index contributed by atoms with van der Waals surface area (Å²) >= 11 is 1.59. The Morgan fingerprint density at radius 3 is 2.54 bits per heavy atom. The van der Waals surface area contributed by atoms with Gasteiger partial charge in [-0.05, 0) is 38.5 Å². The second kappa shape index (κ2) is 6.55. The second-order valence-corrected chi connectivity index (χ2v) is 7.75.